The van der Waals surface area contributed by atoms with E-state index < -0.39 is 5.97 Å². The van der Waals surface area contributed by atoms with Crippen molar-refractivity contribution in [3.05, 3.63) is 42.2 Å². The first-order valence-corrected chi connectivity index (χ1v) is 6.81. The Labute approximate surface area is 120 Å². The van der Waals surface area contributed by atoms with Crippen LogP contribution in [0.5, 0.6) is 5.75 Å². The Hall–Kier alpha value is -2.28. The topological polar surface area (TPSA) is 98.3 Å². The minimum absolute atomic E-state index is 0.202. The first kappa shape index (κ1) is 14.1. The quantitative estimate of drug-likeness (QED) is 0.619. The predicted molar refractivity (Wildman–Crippen MR) is 76.1 cm³/mol. The van der Waals surface area contributed by atoms with Gasteiger partial charge < -0.3 is 15.6 Å². The molecular weight excluding hydrogens is 278 g/mol. The minimum atomic E-state index is -0.975. The van der Waals surface area contributed by atoms with Crippen molar-refractivity contribution in [2.75, 3.05) is 18.1 Å². The van der Waals surface area contributed by atoms with Crippen LogP contribution in [0.1, 0.15) is 10.4 Å². The van der Waals surface area contributed by atoms with Crippen LogP contribution in [0.15, 0.2) is 41.7 Å². The number of aromatic nitrogens is 2. The number of nitrogens with zero attached hydrogens (tertiary/aromatic N) is 2. The third-order valence-electron chi connectivity index (χ3n) is 2.36. The summed E-state index contributed by atoms with van der Waals surface area (Å²) in [7, 11) is 0. The molecule has 0 radical (unpaired) electrons. The van der Waals surface area contributed by atoms with Gasteiger partial charge in [-0.2, -0.15) is 0 Å². The van der Waals surface area contributed by atoms with Crippen molar-refractivity contribution in [1.29, 1.82) is 0 Å². The first-order chi connectivity index (χ1) is 9.66. The Morgan fingerprint density at radius 3 is 2.90 bits per heavy atom. The fraction of sp³-hybridized carbons (Fsp3) is 0.154. The van der Waals surface area contributed by atoms with Gasteiger partial charge in [0.2, 0.25) is 0 Å². The van der Waals surface area contributed by atoms with E-state index in [1.807, 2.05) is 0 Å². The third kappa shape index (κ3) is 3.86. The van der Waals surface area contributed by atoms with Crippen molar-refractivity contribution in [2.24, 2.45) is 0 Å². The maximum absolute atomic E-state index is 10.8. The fourth-order valence-electron chi connectivity index (χ4n) is 1.46. The smallest absolute Gasteiger partial charge is 0.335 e. The molecule has 2 rings (SSSR count). The maximum Gasteiger partial charge on any atom is 0.335 e. The van der Waals surface area contributed by atoms with Crippen LogP contribution in [-0.2, 0) is 0 Å². The molecule has 0 bridgehead atoms. The highest BCUT2D eigenvalue weighted by molar-refractivity contribution is 7.99. The van der Waals surface area contributed by atoms with Gasteiger partial charge in [-0.05, 0) is 18.2 Å². The van der Waals surface area contributed by atoms with Gasteiger partial charge in [0.25, 0.3) is 0 Å². The van der Waals surface area contributed by atoms with Gasteiger partial charge >= 0.3 is 5.97 Å². The number of nitrogens with two attached hydrogens (primary N) is 1. The van der Waals surface area contributed by atoms with Gasteiger partial charge in [0, 0.05) is 18.1 Å². The van der Waals surface area contributed by atoms with Crippen molar-refractivity contribution >= 4 is 23.5 Å². The molecule has 1 aromatic carbocycles. The predicted octanol–water partition coefficient (Wildman–Crippen LogP) is 1.93. The number of aromatic carboxylic acids is 1. The number of hydrogen-bond acceptors (Lipinski definition) is 6. The number of hydrogen-bond donors (Lipinski definition) is 2. The van der Waals surface area contributed by atoms with Gasteiger partial charge in [0.05, 0.1) is 12.2 Å². The van der Waals surface area contributed by atoms with Crippen molar-refractivity contribution in [3.8, 4) is 5.75 Å². The summed E-state index contributed by atoms with van der Waals surface area (Å²) >= 11 is 1.44. The summed E-state index contributed by atoms with van der Waals surface area (Å²) in [6.45, 7) is 0.420. The van der Waals surface area contributed by atoms with Crippen molar-refractivity contribution in [1.82, 2.24) is 9.97 Å². The second-order valence-corrected chi connectivity index (χ2v) is 4.86. The minimum Gasteiger partial charge on any atom is -0.493 e. The first-order valence-electron chi connectivity index (χ1n) is 5.82. The Kier molecular flexibility index (Phi) is 4.78. The summed E-state index contributed by atoms with van der Waals surface area (Å²) in [5, 5.41) is 9.53. The number of carboxylic acid groups (broad SMARTS) is 1. The second-order valence-electron chi connectivity index (χ2n) is 3.78. The monoisotopic (exact) mass is 291 g/mol. The van der Waals surface area contributed by atoms with E-state index in [2.05, 4.69) is 9.97 Å². The average molecular weight is 291 g/mol. The van der Waals surface area contributed by atoms with Crippen LogP contribution in [0.2, 0.25) is 0 Å². The average Bonchev–Trinajstić information content (AvgIpc) is 2.45. The molecule has 104 valence electrons. The highest BCUT2D eigenvalue weighted by atomic mass is 32.2. The van der Waals surface area contributed by atoms with Crippen LogP contribution in [0.4, 0.5) is 5.82 Å². The number of rotatable bonds is 6. The molecule has 0 aliphatic carbocycles. The number of anilines is 1. The number of nitrogen functional groups attached to an aromatic ring is 1. The van der Waals surface area contributed by atoms with Crippen LogP contribution >= 0.6 is 11.8 Å². The number of carbonyl (C=O) groups is 1. The molecule has 0 spiro atoms. The van der Waals surface area contributed by atoms with Gasteiger partial charge in [0.1, 0.15) is 10.8 Å². The molecule has 7 heteroatoms. The molecule has 1 heterocycles. The standard InChI is InChI=1S/C13H13N3O3S/c14-11-12(16-5-4-15-11)20-7-6-19-10-3-1-2-9(8-10)13(17)18/h1-5,8H,6-7H2,(H2,14,15)(H,17,18). The summed E-state index contributed by atoms with van der Waals surface area (Å²) in [5.74, 6) is 0.584. The summed E-state index contributed by atoms with van der Waals surface area (Å²) < 4.78 is 5.49. The number of carboxylic acids is 1. The largest absolute Gasteiger partial charge is 0.493 e. The highest BCUT2D eigenvalue weighted by Gasteiger charge is 2.05. The highest BCUT2D eigenvalue weighted by Crippen LogP contribution is 2.20. The van der Waals surface area contributed by atoms with Crippen molar-refractivity contribution in [3.63, 3.8) is 0 Å². The molecule has 0 aliphatic heterocycles. The molecule has 6 nitrogen and oxygen atoms in total. The van der Waals surface area contributed by atoms with Crippen molar-refractivity contribution < 1.29 is 14.6 Å². The summed E-state index contributed by atoms with van der Waals surface area (Å²) in [6.07, 6.45) is 3.11. The van der Waals surface area contributed by atoms with Crippen LogP contribution < -0.4 is 10.5 Å². The van der Waals surface area contributed by atoms with E-state index in [-0.39, 0.29) is 5.56 Å². The van der Waals surface area contributed by atoms with Gasteiger partial charge in [-0.1, -0.05) is 17.8 Å². The van der Waals surface area contributed by atoms with E-state index in [1.54, 1.807) is 18.3 Å². The number of ether oxygens (including phenoxy) is 1. The lowest BCUT2D eigenvalue weighted by Gasteiger charge is -2.07. The molecule has 0 atom stereocenters. The Bertz CT molecular complexity index is 607. The van der Waals surface area contributed by atoms with E-state index in [1.165, 1.54) is 30.1 Å². The molecule has 20 heavy (non-hydrogen) atoms. The van der Waals surface area contributed by atoms with Gasteiger partial charge in [-0.3, -0.25) is 0 Å². The molecule has 1 aromatic heterocycles. The zero-order valence-electron chi connectivity index (χ0n) is 10.5. The fourth-order valence-corrected chi connectivity index (χ4v) is 2.16. The molecule has 0 saturated heterocycles. The number of thioether (sulfide) groups is 1. The van der Waals surface area contributed by atoms with Crippen LogP contribution in [0, 0.1) is 0 Å². The van der Waals surface area contributed by atoms with Crippen LogP contribution in [-0.4, -0.2) is 33.4 Å². The zero-order chi connectivity index (χ0) is 14.4. The summed E-state index contributed by atoms with van der Waals surface area (Å²) in [5.41, 5.74) is 5.87. The Morgan fingerprint density at radius 2 is 2.15 bits per heavy atom. The van der Waals surface area contributed by atoms with Crippen LogP contribution in [0.3, 0.4) is 0 Å². The molecule has 0 amide bonds. The molecular formula is C13H13N3O3S. The molecule has 0 unspecified atom stereocenters. The third-order valence-corrected chi connectivity index (χ3v) is 3.32. The SMILES string of the molecule is Nc1nccnc1SCCOc1cccc(C(=O)O)c1. The van der Waals surface area contributed by atoms with Crippen molar-refractivity contribution in [2.45, 2.75) is 5.03 Å². The van der Waals surface area contributed by atoms with E-state index >= 15 is 0 Å². The zero-order valence-corrected chi connectivity index (χ0v) is 11.3. The molecule has 3 N–H and O–H groups in total. The second kappa shape index (κ2) is 6.76. The lowest BCUT2D eigenvalue weighted by Crippen LogP contribution is -2.03. The normalized spacial score (nSPS) is 10.2. The van der Waals surface area contributed by atoms with E-state index in [9.17, 15) is 4.79 Å². The molecule has 2 aromatic rings. The van der Waals surface area contributed by atoms with Gasteiger partial charge in [0.15, 0.2) is 5.82 Å². The molecule has 0 saturated carbocycles. The van der Waals surface area contributed by atoms with E-state index in [4.69, 9.17) is 15.6 Å². The molecule has 0 aliphatic rings. The van der Waals surface area contributed by atoms with E-state index in [0.29, 0.717) is 29.0 Å². The van der Waals surface area contributed by atoms with E-state index in [0.717, 1.165) is 0 Å². The Balaban J connectivity index is 1.83. The van der Waals surface area contributed by atoms with Gasteiger partial charge in [-0.25, -0.2) is 14.8 Å². The van der Waals surface area contributed by atoms with Crippen LogP contribution in [0.25, 0.3) is 0 Å². The summed E-state index contributed by atoms with van der Waals surface area (Å²) in [4.78, 5) is 18.9. The lowest BCUT2D eigenvalue weighted by atomic mass is 10.2. The van der Waals surface area contributed by atoms with Gasteiger partial charge in [-0.15, -0.1) is 0 Å². The lowest BCUT2D eigenvalue weighted by molar-refractivity contribution is 0.0696. The molecule has 0 fully saturated rings. The summed E-state index contributed by atoms with van der Waals surface area (Å²) in [6, 6.07) is 6.37. The maximum atomic E-state index is 10.8. The number of benzene rings is 1. The Morgan fingerprint density at radius 1 is 1.35 bits per heavy atom.